The maximum atomic E-state index is 9.80. The lowest BCUT2D eigenvalue weighted by Crippen LogP contribution is -2.45. The molecule has 0 amide bonds. The van der Waals surface area contributed by atoms with Crippen LogP contribution in [0.5, 0.6) is 0 Å². The number of thioether (sulfide) groups is 1. The number of nitriles is 1. The summed E-state index contributed by atoms with van der Waals surface area (Å²) in [6.45, 7) is 4.14. The Balaban J connectivity index is 2.13. The Kier molecular flexibility index (Phi) is 5.80. The average Bonchev–Trinajstić information content (AvgIpc) is 3.00. The molecule has 0 radical (unpaired) electrons. The molecule has 2 aromatic rings. The zero-order chi connectivity index (χ0) is 15.1. The van der Waals surface area contributed by atoms with E-state index in [1.54, 1.807) is 23.1 Å². The Morgan fingerprint density at radius 3 is 2.71 bits per heavy atom. The van der Waals surface area contributed by atoms with Crippen molar-refractivity contribution in [3.8, 4) is 6.07 Å². The van der Waals surface area contributed by atoms with E-state index >= 15 is 0 Å². The Labute approximate surface area is 134 Å². The third-order valence-electron chi connectivity index (χ3n) is 3.10. The highest BCUT2D eigenvalue weighted by Crippen LogP contribution is 2.30. The molecular weight excluding hydrogens is 298 g/mol. The molecule has 0 saturated carbocycles. The number of hydrogen-bond donors (Lipinski definition) is 1. The molecule has 0 aliphatic heterocycles. The summed E-state index contributed by atoms with van der Waals surface area (Å²) in [5, 5.41) is 15.2. The molecule has 3 nitrogen and oxygen atoms in total. The van der Waals surface area contributed by atoms with Crippen LogP contribution in [0.25, 0.3) is 0 Å². The Morgan fingerprint density at radius 2 is 2.14 bits per heavy atom. The lowest BCUT2D eigenvalue weighted by Gasteiger charge is -2.30. The van der Waals surface area contributed by atoms with Crippen LogP contribution in [-0.4, -0.2) is 16.8 Å². The smallest absolute Gasteiger partial charge is 0.149 e. The van der Waals surface area contributed by atoms with E-state index < -0.39 is 5.54 Å². The molecule has 0 spiro atoms. The largest absolute Gasteiger partial charge is 0.293 e. The fourth-order valence-electron chi connectivity index (χ4n) is 2.24. The molecule has 1 heterocycles. The fourth-order valence-corrected chi connectivity index (χ4v) is 4.01. The predicted octanol–water partition coefficient (Wildman–Crippen LogP) is 4.04. The topological polar surface area (TPSA) is 48.7 Å². The molecule has 0 aliphatic rings. The summed E-state index contributed by atoms with van der Waals surface area (Å²) in [5.41, 5.74) is 0.389. The lowest BCUT2D eigenvalue weighted by atomic mass is 9.88. The number of rotatable bonds is 7. The van der Waals surface area contributed by atoms with E-state index in [2.05, 4.69) is 30.2 Å². The predicted molar refractivity (Wildman–Crippen MR) is 89.5 cm³/mol. The van der Waals surface area contributed by atoms with Crippen molar-refractivity contribution in [2.75, 3.05) is 5.75 Å². The highest BCUT2D eigenvalue weighted by atomic mass is 32.2. The van der Waals surface area contributed by atoms with Gasteiger partial charge in [-0.2, -0.15) is 5.26 Å². The maximum Gasteiger partial charge on any atom is 0.149 e. The van der Waals surface area contributed by atoms with Crippen LogP contribution in [0.1, 0.15) is 25.8 Å². The van der Waals surface area contributed by atoms with Crippen molar-refractivity contribution < 1.29 is 0 Å². The van der Waals surface area contributed by atoms with E-state index in [-0.39, 0.29) is 6.04 Å². The van der Waals surface area contributed by atoms with E-state index in [4.69, 9.17) is 0 Å². The summed E-state index contributed by atoms with van der Waals surface area (Å²) in [7, 11) is 0. The monoisotopic (exact) mass is 317 g/mol. The van der Waals surface area contributed by atoms with Gasteiger partial charge in [-0.25, -0.2) is 4.98 Å². The van der Waals surface area contributed by atoms with Crippen LogP contribution in [0.3, 0.4) is 0 Å². The van der Waals surface area contributed by atoms with Crippen molar-refractivity contribution in [1.82, 2.24) is 10.3 Å². The highest BCUT2D eigenvalue weighted by molar-refractivity contribution is 8.00. The maximum absolute atomic E-state index is 9.80. The second-order valence-corrected chi connectivity index (χ2v) is 7.32. The number of benzene rings is 1. The van der Waals surface area contributed by atoms with Gasteiger partial charge in [0.2, 0.25) is 0 Å². The molecule has 0 bridgehead atoms. The lowest BCUT2D eigenvalue weighted by molar-refractivity contribution is 0.378. The molecular formula is C16H19N3S2. The summed E-state index contributed by atoms with van der Waals surface area (Å²) in [6, 6.07) is 12.7. The third-order valence-corrected chi connectivity index (χ3v) is 5.07. The second kappa shape index (κ2) is 7.60. The zero-order valence-electron chi connectivity index (χ0n) is 12.2. The first-order valence-corrected chi connectivity index (χ1v) is 8.79. The van der Waals surface area contributed by atoms with Gasteiger partial charge >= 0.3 is 0 Å². The van der Waals surface area contributed by atoms with Crippen LogP contribution in [-0.2, 0) is 5.54 Å². The molecule has 1 aromatic carbocycles. The minimum Gasteiger partial charge on any atom is -0.293 e. The molecule has 1 unspecified atom stereocenters. The van der Waals surface area contributed by atoms with E-state index in [1.807, 2.05) is 41.9 Å². The van der Waals surface area contributed by atoms with Crippen LogP contribution < -0.4 is 5.32 Å². The summed E-state index contributed by atoms with van der Waals surface area (Å²) >= 11 is 3.35. The zero-order valence-corrected chi connectivity index (χ0v) is 13.9. The quantitative estimate of drug-likeness (QED) is 0.783. The number of aromatic nitrogens is 1. The van der Waals surface area contributed by atoms with Crippen molar-refractivity contribution in [2.24, 2.45) is 0 Å². The van der Waals surface area contributed by atoms with Crippen molar-refractivity contribution in [1.29, 1.82) is 5.26 Å². The standard InChI is InChI=1S/C16H19N3S2/c1-13(2)19-16(12-17,14-6-4-3-5-7-14)8-10-20-15-18-9-11-21-15/h3-7,9,11,13,19H,8,10H2,1-2H3. The number of nitrogens with one attached hydrogen (secondary N) is 1. The van der Waals surface area contributed by atoms with Gasteiger partial charge in [0, 0.05) is 23.4 Å². The fraction of sp³-hybridized carbons (Fsp3) is 0.375. The van der Waals surface area contributed by atoms with Crippen LogP contribution in [0, 0.1) is 11.3 Å². The number of hydrogen-bond acceptors (Lipinski definition) is 5. The molecule has 2 rings (SSSR count). The number of thiazole rings is 1. The van der Waals surface area contributed by atoms with Gasteiger partial charge in [0.15, 0.2) is 0 Å². The van der Waals surface area contributed by atoms with Crippen LogP contribution >= 0.6 is 23.1 Å². The summed E-state index contributed by atoms with van der Waals surface area (Å²) < 4.78 is 1.06. The van der Waals surface area contributed by atoms with Crippen molar-refractivity contribution >= 4 is 23.1 Å². The molecule has 1 atom stereocenters. The second-order valence-electron chi connectivity index (χ2n) is 5.08. The van der Waals surface area contributed by atoms with E-state index in [0.717, 1.165) is 22.1 Å². The number of nitrogens with zero attached hydrogens (tertiary/aromatic N) is 2. The normalized spacial score (nSPS) is 13.8. The SMILES string of the molecule is CC(C)NC(C#N)(CCSc1nccs1)c1ccccc1. The molecule has 5 heteroatoms. The molecule has 1 aromatic heterocycles. The van der Waals surface area contributed by atoms with Gasteiger partial charge in [-0.3, -0.25) is 5.32 Å². The highest BCUT2D eigenvalue weighted by Gasteiger charge is 2.32. The van der Waals surface area contributed by atoms with Crippen molar-refractivity contribution in [3.63, 3.8) is 0 Å². The van der Waals surface area contributed by atoms with E-state index in [0.29, 0.717) is 0 Å². The average molecular weight is 317 g/mol. The van der Waals surface area contributed by atoms with Crippen LogP contribution in [0.15, 0.2) is 46.2 Å². The first-order valence-electron chi connectivity index (χ1n) is 6.93. The first kappa shape index (κ1) is 16.0. The van der Waals surface area contributed by atoms with Gasteiger partial charge in [-0.15, -0.1) is 11.3 Å². The minimum absolute atomic E-state index is 0.245. The summed E-state index contributed by atoms with van der Waals surface area (Å²) in [5.74, 6) is 0.857. The molecule has 0 aliphatic carbocycles. The van der Waals surface area contributed by atoms with Gasteiger partial charge < -0.3 is 0 Å². The molecule has 110 valence electrons. The van der Waals surface area contributed by atoms with E-state index in [9.17, 15) is 5.26 Å². The summed E-state index contributed by atoms with van der Waals surface area (Å²) in [4.78, 5) is 4.27. The van der Waals surface area contributed by atoms with Gasteiger partial charge in [0.1, 0.15) is 9.88 Å². The third kappa shape index (κ3) is 4.31. The van der Waals surface area contributed by atoms with Gasteiger partial charge in [0.25, 0.3) is 0 Å². The van der Waals surface area contributed by atoms with E-state index in [1.165, 1.54) is 0 Å². The molecule has 21 heavy (non-hydrogen) atoms. The van der Waals surface area contributed by atoms with Gasteiger partial charge in [-0.1, -0.05) is 42.1 Å². The Bertz CT molecular complexity index is 575. The van der Waals surface area contributed by atoms with Crippen molar-refractivity contribution in [2.45, 2.75) is 36.2 Å². The summed E-state index contributed by atoms with van der Waals surface area (Å²) in [6.07, 6.45) is 2.56. The Hall–Kier alpha value is -1.35. The molecule has 1 N–H and O–H groups in total. The molecule has 0 fully saturated rings. The first-order chi connectivity index (χ1) is 10.2. The van der Waals surface area contributed by atoms with Gasteiger partial charge in [-0.05, 0) is 25.8 Å². The Morgan fingerprint density at radius 1 is 1.38 bits per heavy atom. The minimum atomic E-state index is -0.639. The van der Waals surface area contributed by atoms with Crippen LogP contribution in [0.2, 0.25) is 0 Å². The van der Waals surface area contributed by atoms with Crippen molar-refractivity contribution in [3.05, 3.63) is 47.5 Å². The molecule has 0 saturated heterocycles. The van der Waals surface area contributed by atoms with Gasteiger partial charge in [0.05, 0.1) is 6.07 Å². The van der Waals surface area contributed by atoms with Crippen LogP contribution in [0.4, 0.5) is 0 Å².